The van der Waals surface area contributed by atoms with E-state index in [1.807, 2.05) is 43.3 Å². The van der Waals surface area contributed by atoms with E-state index < -0.39 is 17.8 Å². The molecule has 0 aliphatic carbocycles. The standard InChI is InChI=1S/C15H12N2O4.C8H12N2/c16-11-5-4-10-13-8(11)2-1-3-9(13)14(20)17(15(10)21)7-6-12(18)19;1-10(2)8-5-3-7(9)4-6-8/h1-5H,6-7,16H2,(H,18,19);3-6H,9H2,1-2H3. The van der Waals surface area contributed by atoms with E-state index in [0.29, 0.717) is 27.6 Å². The third-order valence-electron chi connectivity index (χ3n) is 4.98. The molecular formula is C23H24N4O4. The van der Waals surface area contributed by atoms with Crippen molar-refractivity contribution < 1.29 is 19.5 Å². The molecule has 0 aromatic heterocycles. The van der Waals surface area contributed by atoms with Crippen LogP contribution in [0.15, 0.2) is 54.6 Å². The highest BCUT2D eigenvalue weighted by molar-refractivity contribution is 6.26. The first-order valence-corrected chi connectivity index (χ1v) is 9.62. The smallest absolute Gasteiger partial charge is 0.305 e. The zero-order valence-electron chi connectivity index (χ0n) is 17.3. The number of nitrogens with zero attached hydrogens (tertiary/aromatic N) is 2. The van der Waals surface area contributed by atoms with Gasteiger partial charge in [0.25, 0.3) is 11.8 Å². The van der Waals surface area contributed by atoms with Gasteiger partial charge in [-0.25, -0.2) is 0 Å². The molecule has 8 heteroatoms. The number of nitrogens with two attached hydrogens (primary N) is 2. The van der Waals surface area contributed by atoms with E-state index in [2.05, 4.69) is 0 Å². The van der Waals surface area contributed by atoms with Crippen LogP contribution in [0.25, 0.3) is 10.8 Å². The van der Waals surface area contributed by atoms with Crippen LogP contribution in [-0.2, 0) is 4.79 Å². The average Bonchev–Trinajstić information content (AvgIpc) is 2.73. The molecule has 5 N–H and O–H groups in total. The fourth-order valence-electron chi connectivity index (χ4n) is 3.35. The molecule has 0 atom stereocenters. The number of carbonyl (C=O) groups is 3. The van der Waals surface area contributed by atoms with Crippen molar-refractivity contribution in [3.8, 4) is 0 Å². The van der Waals surface area contributed by atoms with E-state index in [-0.39, 0.29) is 13.0 Å². The first-order chi connectivity index (χ1) is 14.7. The Bertz CT molecular complexity index is 1130. The van der Waals surface area contributed by atoms with Gasteiger partial charge in [0.15, 0.2) is 0 Å². The molecule has 3 aromatic rings. The molecule has 8 nitrogen and oxygen atoms in total. The van der Waals surface area contributed by atoms with Gasteiger partial charge in [-0.15, -0.1) is 0 Å². The van der Waals surface area contributed by atoms with E-state index in [4.69, 9.17) is 16.6 Å². The summed E-state index contributed by atoms with van der Waals surface area (Å²) in [4.78, 5) is 38.5. The maximum Gasteiger partial charge on any atom is 0.305 e. The third-order valence-corrected chi connectivity index (χ3v) is 4.98. The molecule has 3 aromatic carbocycles. The highest BCUT2D eigenvalue weighted by Crippen LogP contribution is 2.33. The highest BCUT2D eigenvalue weighted by Gasteiger charge is 2.33. The van der Waals surface area contributed by atoms with E-state index in [1.165, 1.54) is 5.69 Å². The molecule has 1 aliphatic rings. The van der Waals surface area contributed by atoms with Crippen molar-refractivity contribution in [2.24, 2.45) is 0 Å². The van der Waals surface area contributed by atoms with E-state index in [1.54, 1.807) is 30.3 Å². The van der Waals surface area contributed by atoms with E-state index in [0.717, 1.165) is 10.6 Å². The second-order valence-corrected chi connectivity index (χ2v) is 7.32. The number of amides is 2. The predicted octanol–water partition coefficient (Wildman–Crippen LogP) is 2.83. The second kappa shape index (κ2) is 8.74. The minimum atomic E-state index is -1.06. The van der Waals surface area contributed by atoms with Crippen LogP contribution in [-0.4, -0.2) is 48.4 Å². The van der Waals surface area contributed by atoms with Gasteiger partial charge in [-0.3, -0.25) is 19.3 Å². The topological polar surface area (TPSA) is 130 Å². The van der Waals surface area contributed by atoms with Gasteiger partial charge in [0.05, 0.1) is 6.42 Å². The quantitative estimate of drug-likeness (QED) is 0.437. The van der Waals surface area contributed by atoms with Gasteiger partial charge >= 0.3 is 5.97 Å². The Morgan fingerprint density at radius 1 is 0.935 bits per heavy atom. The Hall–Kier alpha value is -4.07. The molecular weight excluding hydrogens is 396 g/mol. The minimum Gasteiger partial charge on any atom is -0.481 e. The number of anilines is 3. The van der Waals surface area contributed by atoms with Crippen molar-refractivity contribution in [2.45, 2.75) is 6.42 Å². The van der Waals surface area contributed by atoms with Crippen molar-refractivity contribution in [3.63, 3.8) is 0 Å². The number of imide groups is 1. The van der Waals surface area contributed by atoms with E-state index in [9.17, 15) is 14.4 Å². The number of carbonyl (C=O) groups excluding carboxylic acids is 2. The molecule has 160 valence electrons. The number of nitrogen functional groups attached to an aromatic ring is 2. The van der Waals surface area contributed by atoms with Gasteiger partial charge in [0.2, 0.25) is 0 Å². The summed E-state index contributed by atoms with van der Waals surface area (Å²) in [6, 6.07) is 16.0. The third kappa shape index (κ3) is 4.42. The lowest BCUT2D eigenvalue weighted by Gasteiger charge is -2.27. The minimum absolute atomic E-state index is 0.146. The molecule has 0 bridgehead atoms. The van der Waals surface area contributed by atoms with Crippen LogP contribution in [0.4, 0.5) is 17.1 Å². The van der Waals surface area contributed by atoms with Gasteiger partial charge in [0.1, 0.15) is 0 Å². The Morgan fingerprint density at radius 2 is 1.55 bits per heavy atom. The van der Waals surface area contributed by atoms with E-state index >= 15 is 0 Å². The van der Waals surface area contributed by atoms with Crippen LogP contribution in [0.2, 0.25) is 0 Å². The lowest BCUT2D eigenvalue weighted by Crippen LogP contribution is -2.41. The van der Waals surface area contributed by atoms with Gasteiger partial charge in [0, 0.05) is 59.6 Å². The first-order valence-electron chi connectivity index (χ1n) is 9.62. The van der Waals surface area contributed by atoms with Crippen LogP contribution in [0.5, 0.6) is 0 Å². The van der Waals surface area contributed by atoms with Gasteiger partial charge in [-0.1, -0.05) is 12.1 Å². The summed E-state index contributed by atoms with van der Waals surface area (Å²) >= 11 is 0. The molecule has 31 heavy (non-hydrogen) atoms. The molecule has 0 fully saturated rings. The van der Waals surface area contributed by atoms with Crippen LogP contribution >= 0.6 is 0 Å². The van der Waals surface area contributed by atoms with Crippen molar-refractivity contribution in [3.05, 3.63) is 65.7 Å². The zero-order valence-corrected chi connectivity index (χ0v) is 17.3. The summed E-state index contributed by atoms with van der Waals surface area (Å²) in [6.07, 6.45) is -0.280. The summed E-state index contributed by atoms with van der Waals surface area (Å²) < 4.78 is 0. The van der Waals surface area contributed by atoms with Gasteiger partial charge in [-0.2, -0.15) is 0 Å². The van der Waals surface area contributed by atoms with Crippen LogP contribution in [0.1, 0.15) is 27.1 Å². The Labute approximate surface area is 179 Å². The highest BCUT2D eigenvalue weighted by atomic mass is 16.4. The van der Waals surface area contributed by atoms with Crippen molar-refractivity contribution in [1.82, 2.24) is 4.90 Å². The van der Waals surface area contributed by atoms with Crippen LogP contribution in [0, 0.1) is 0 Å². The second-order valence-electron chi connectivity index (χ2n) is 7.32. The maximum atomic E-state index is 12.4. The molecule has 0 unspecified atom stereocenters. The lowest BCUT2D eigenvalue weighted by atomic mass is 9.93. The number of hydrogen-bond donors (Lipinski definition) is 3. The Kier molecular flexibility index (Phi) is 6.10. The number of aliphatic carboxylic acids is 1. The van der Waals surface area contributed by atoms with Crippen molar-refractivity contribution in [2.75, 3.05) is 37.0 Å². The van der Waals surface area contributed by atoms with Crippen LogP contribution in [0.3, 0.4) is 0 Å². The summed E-state index contributed by atoms with van der Waals surface area (Å²) in [5.41, 5.74) is 14.6. The monoisotopic (exact) mass is 420 g/mol. The molecule has 2 amide bonds. The van der Waals surface area contributed by atoms with Crippen molar-refractivity contribution >= 4 is 45.6 Å². The predicted molar refractivity (Wildman–Crippen MR) is 121 cm³/mol. The maximum absolute atomic E-state index is 12.4. The number of rotatable bonds is 4. The van der Waals surface area contributed by atoms with Crippen LogP contribution < -0.4 is 16.4 Å². The number of carboxylic acid groups (broad SMARTS) is 1. The number of hydrogen-bond acceptors (Lipinski definition) is 6. The number of carboxylic acids is 1. The first kappa shape index (κ1) is 21.6. The summed E-state index contributed by atoms with van der Waals surface area (Å²) in [6.45, 7) is -0.146. The zero-order chi connectivity index (χ0) is 22.7. The molecule has 0 spiro atoms. The fourth-order valence-corrected chi connectivity index (χ4v) is 3.35. The molecule has 1 heterocycles. The Morgan fingerprint density at radius 3 is 2.13 bits per heavy atom. The van der Waals surface area contributed by atoms with Gasteiger partial charge < -0.3 is 21.5 Å². The summed E-state index contributed by atoms with van der Waals surface area (Å²) in [5.74, 6) is -2.02. The van der Waals surface area contributed by atoms with Gasteiger partial charge in [-0.05, 0) is 42.5 Å². The lowest BCUT2D eigenvalue weighted by molar-refractivity contribution is -0.137. The SMILES string of the molecule is CN(C)c1ccc(N)cc1.Nc1ccc2c3c(cccc13)C(=O)N(CCC(=O)O)C2=O. The molecule has 4 rings (SSSR count). The van der Waals surface area contributed by atoms with Crippen molar-refractivity contribution in [1.29, 1.82) is 0 Å². The molecule has 0 saturated heterocycles. The normalized spacial score (nSPS) is 12.4. The fraction of sp³-hybridized carbons (Fsp3) is 0.174. The average molecular weight is 420 g/mol. The molecule has 0 radical (unpaired) electrons. The Balaban J connectivity index is 0.000000229. The number of benzene rings is 3. The molecule has 0 saturated carbocycles. The summed E-state index contributed by atoms with van der Waals surface area (Å²) in [5, 5.41) is 9.93. The largest absolute Gasteiger partial charge is 0.481 e. The summed E-state index contributed by atoms with van der Waals surface area (Å²) in [7, 11) is 4.01. The molecule has 1 aliphatic heterocycles.